The van der Waals surface area contributed by atoms with Gasteiger partial charge in [-0.2, -0.15) is 15.0 Å². The van der Waals surface area contributed by atoms with E-state index in [0.29, 0.717) is 28.8 Å². The van der Waals surface area contributed by atoms with Gasteiger partial charge in [0.2, 0.25) is 0 Å². The fraction of sp³-hybridized carbons (Fsp3) is 0.0625. The van der Waals surface area contributed by atoms with E-state index in [4.69, 9.17) is 10.1 Å². The molecule has 0 radical (unpaired) electrons. The lowest BCUT2D eigenvalue weighted by molar-refractivity contribution is 0.800. The summed E-state index contributed by atoms with van der Waals surface area (Å²) in [5, 5.41) is 15.8. The summed E-state index contributed by atoms with van der Waals surface area (Å²) in [6.45, 7) is 2.59. The number of nitrogens with zero attached hydrogens (tertiary/aromatic N) is 5. The van der Waals surface area contributed by atoms with Gasteiger partial charge in [0.15, 0.2) is 5.82 Å². The smallest absolute Gasteiger partial charge is 0.282 e. The van der Waals surface area contributed by atoms with Crippen LogP contribution in [0.15, 0.2) is 113 Å². The molecule has 0 unspecified atom stereocenters. The molecule has 0 aliphatic heterocycles. The summed E-state index contributed by atoms with van der Waals surface area (Å²) in [4.78, 5) is 18.4. The van der Waals surface area contributed by atoms with E-state index in [9.17, 15) is 10.1 Å². The molecule has 6 heteroatoms. The van der Waals surface area contributed by atoms with Crippen LogP contribution in [0.5, 0.6) is 0 Å². The highest BCUT2D eigenvalue weighted by Gasteiger charge is 2.16. The molecule has 0 aliphatic carbocycles. The van der Waals surface area contributed by atoms with Crippen molar-refractivity contribution in [2.45, 2.75) is 13.5 Å². The van der Waals surface area contributed by atoms with E-state index in [1.807, 2.05) is 91.9 Å². The fourth-order valence-electron chi connectivity index (χ4n) is 4.88. The Labute approximate surface area is 219 Å². The number of benzene rings is 4. The van der Waals surface area contributed by atoms with Gasteiger partial charge in [-0.25, -0.2) is 4.98 Å². The molecule has 0 amide bonds. The minimum absolute atomic E-state index is 0.227. The first-order valence-corrected chi connectivity index (χ1v) is 12.3. The quantitative estimate of drug-likeness (QED) is 0.271. The van der Waals surface area contributed by atoms with Crippen LogP contribution < -0.4 is 5.56 Å². The number of hydrogen-bond acceptors (Lipinski definition) is 4. The zero-order chi connectivity index (χ0) is 26.1. The Balaban J connectivity index is 1.53. The van der Waals surface area contributed by atoms with Crippen LogP contribution in [0.4, 0.5) is 0 Å². The number of aromatic nitrogens is 3. The van der Waals surface area contributed by atoms with Gasteiger partial charge < -0.3 is 4.57 Å². The topological polar surface area (TPSA) is 76.0 Å². The van der Waals surface area contributed by atoms with Gasteiger partial charge in [-0.05, 0) is 36.8 Å². The largest absolute Gasteiger partial charge is 0.340 e. The predicted molar refractivity (Wildman–Crippen MR) is 151 cm³/mol. The van der Waals surface area contributed by atoms with Gasteiger partial charge in [0.25, 0.3) is 5.56 Å². The average molecular weight is 494 g/mol. The molecule has 0 aliphatic rings. The standard InChI is InChI=1S/C32H23N5O/c1-22-28(26-15-8-10-18-30(26)36(22)21-25-14-6-5-13-24(25)19-33)20-34-37-31(23-11-3-2-4-12-23)35-29-17-9-7-16-27(29)32(37)38/h2-18,20H,21H2,1H3. The van der Waals surface area contributed by atoms with Crippen molar-refractivity contribution < 1.29 is 0 Å². The second kappa shape index (κ2) is 9.64. The van der Waals surface area contributed by atoms with Gasteiger partial charge >= 0.3 is 0 Å². The average Bonchev–Trinajstić information content (AvgIpc) is 3.23. The van der Waals surface area contributed by atoms with Gasteiger partial charge in [0.1, 0.15) is 0 Å². The molecule has 0 bridgehead atoms. The van der Waals surface area contributed by atoms with Crippen molar-refractivity contribution in [2.75, 3.05) is 0 Å². The maximum atomic E-state index is 13.6. The molecule has 38 heavy (non-hydrogen) atoms. The molecule has 2 heterocycles. The van der Waals surface area contributed by atoms with Crippen molar-refractivity contribution in [2.24, 2.45) is 5.10 Å². The van der Waals surface area contributed by atoms with Crippen LogP contribution in [0.25, 0.3) is 33.2 Å². The van der Waals surface area contributed by atoms with Crippen LogP contribution in [0.1, 0.15) is 22.4 Å². The van der Waals surface area contributed by atoms with Gasteiger partial charge in [0.05, 0.1) is 28.8 Å². The molecule has 2 aromatic heterocycles. The van der Waals surface area contributed by atoms with Crippen molar-refractivity contribution >= 4 is 28.0 Å². The van der Waals surface area contributed by atoms with Crippen molar-refractivity contribution in [3.05, 3.63) is 136 Å². The second-order valence-electron chi connectivity index (χ2n) is 9.05. The third kappa shape index (κ3) is 3.97. The Hall–Kier alpha value is -5.28. The zero-order valence-electron chi connectivity index (χ0n) is 20.7. The lowest BCUT2D eigenvalue weighted by atomic mass is 10.1. The summed E-state index contributed by atoms with van der Waals surface area (Å²) in [7, 11) is 0. The summed E-state index contributed by atoms with van der Waals surface area (Å²) in [6, 6.07) is 35.0. The molecule has 0 fully saturated rings. The molecule has 0 N–H and O–H groups in total. The molecule has 0 saturated carbocycles. The monoisotopic (exact) mass is 493 g/mol. The van der Waals surface area contributed by atoms with Gasteiger partial charge in [0, 0.05) is 34.3 Å². The maximum absolute atomic E-state index is 13.6. The Morgan fingerprint density at radius 2 is 1.55 bits per heavy atom. The van der Waals surface area contributed by atoms with Gasteiger partial charge in [-0.3, -0.25) is 4.79 Å². The summed E-state index contributed by atoms with van der Waals surface area (Å²) in [5.41, 5.74) is 5.75. The van der Waals surface area contributed by atoms with Crippen LogP contribution in [0.3, 0.4) is 0 Å². The first-order chi connectivity index (χ1) is 18.7. The first-order valence-electron chi connectivity index (χ1n) is 12.3. The number of nitriles is 1. The zero-order valence-corrected chi connectivity index (χ0v) is 20.7. The summed E-state index contributed by atoms with van der Waals surface area (Å²) < 4.78 is 3.57. The molecule has 0 spiro atoms. The SMILES string of the molecule is Cc1c(C=Nn2c(-c3ccccc3)nc3ccccc3c2=O)c2ccccc2n1Cc1ccccc1C#N. The third-order valence-electron chi connectivity index (χ3n) is 6.83. The number of rotatable bonds is 5. The van der Waals surface area contributed by atoms with Crippen LogP contribution in [0, 0.1) is 18.3 Å². The van der Waals surface area contributed by atoms with E-state index in [1.165, 1.54) is 4.68 Å². The minimum Gasteiger partial charge on any atom is -0.340 e. The summed E-state index contributed by atoms with van der Waals surface area (Å²) >= 11 is 0. The molecule has 182 valence electrons. The Kier molecular flexibility index (Phi) is 5.87. The molecule has 0 saturated heterocycles. The van der Waals surface area contributed by atoms with Crippen molar-refractivity contribution in [3.63, 3.8) is 0 Å². The van der Waals surface area contributed by atoms with Crippen molar-refractivity contribution in [3.8, 4) is 17.5 Å². The molecule has 6 rings (SSSR count). The second-order valence-corrected chi connectivity index (χ2v) is 9.05. The van der Waals surface area contributed by atoms with Crippen LogP contribution in [-0.4, -0.2) is 20.4 Å². The predicted octanol–water partition coefficient (Wildman–Crippen LogP) is 6.13. The Morgan fingerprint density at radius 1 is 0.868 bits per heavy atom. The van der Waals surface area contributed by atoms with Crippen LogP contribution >= 0.6 is 0 Å². The van der Waals surface area contributed by atoms with E-state index >= 15 is 0 Å². The highest BCUT2D eigenvalue weighted by molar-refractivity contribution is 6.01. The number of fused-ring (bicyclic) bond motifs is 2. The molecule has 0 atom stereocenters. The molecular formula is C32H23N5O. The highest BCUT2D eigenvalue weighted by atomic mass is 16.1. The number of hydrogen-bond donors (Lipinski definition) is 0. The highest BCUT2D eigenvalue weighted by Crippen LogP contribution is 2.27. The maximum Gasteiger partial charge on any atom is 0.282 e. The van der Waals surface area contributed by atoms with E-state index < -0.39 is 0 Å². The van der Waals surface area contributed by atoms with E-state index in [0.717, 1.165) is 33.3 Å². The van der Waals surface area contributed by atoms with E-state index in [1.54, 1.807) is 12.3 Å². The Bertz CT molecular complexity index is 1940. The summed E-state index contributed by atoms with van der Waals surface area (Å²) in [6.07, 6.45) is 1.74. The van der Waals surface area contributed by atoms with Gasteiger partial charge in [-0.1, -0.05) is 78.9 Å². The van der Waals surface area contributed by atoms with Gasteiger partial charge in [-0.15, -0.1) is 0 Å². The molecule has 6 aromatic rings. The molecule has 6 nitrogen and oxygen atoms in total. The fourth-order valence-corrected chi connectivity index (χ4v) is 4.88. The normalized spacial score (nSPS) is 11.4. The lowest BCUT2D eigenvalue weighted by Crippen LogP contribution is -2.20. The third-order valence-corrected chi connectivity index (χ3v) is 6.83. The van der Waals surface area contributed by atoms with Crippen molar-refractivity contribution in [1.82, 2.24) is 14.2 Å². The molecule has 4 aromatic carbocycles. The van der Waals surface area contributed by atoms with Crippen LogP contribution in [0.2, 0.25) is 0 Å². The van der Waals surface area contributed by atoms with Crippen LogP contribution in [-0.2, 0) is 6.54 Å². The van der Waals surface area contributed by atoms with E-state index in [2.05, 4.69) is 22.8 Å². The van der Waals surface area contributed by atoms with Crippen molar-refractivity contribution in [1.29, 1.82) is 5.26 Å². The van der Waals surface area contributed by atoms with E-state index in [-0.39, 0.29) is 5.56 Å². The first kappa shape index (κ1) is 23.1. The molecular weight excluding hydrogens is 470 g/mol. The summed E-state index contributed by atoms with van der Waals surface area (Å²) in [5.74, 6) is 0.481. The Morgan fingerprint density at radius 3 is 2.37 bits per heavy atom. The minimum atomic E-state index is -0.227. The number of para-hydroxylation sites is 2. The lowest BCUT2D eigenvalue weighted by Gasteiger charge is -2.10.